The van der Waals surface area contributed by atoms with E-state index in [2.05, 4.69) is 4.74 Å². The van der Waals surface area contributed by atoms with Crippen molar-refractivity contribution < 1.29 is 14.6 Å². The molecule has 0 aromatic carbocycles. The van der Waals surface area contributed by atoms with Crippen molar-refractivity contribution in [3.05, 3.63) is 0 Å². The van der Waals surface area contributed by atoms with Gasteiger partial charge in [0.25, 0.3) is 0 Å². The first-order valence-corrected chi connectivity index (χ1v) is 2.65. The van der Waals surface area contributed by atoms with Gasteiger partial charge in [0, 0.05) is 6.54 Å². The fourth-order valence-electron chi connectivity index (χ4n) is 0.359. The number of aliphatic hydroxyl groups excluding tert-OH is 1. The average molecular weight is 170 g/mol. The van der Waals surface area contributed by atoms with Crippen molar-refractivity contribution in [3.8, 4) is 0 Å². The van der Waals surface area contributed by atoms with Gasteiger partial charge in [0.1, 0.15) is 0 Å². The first-order valence-electron chi connectivity index (χ1n) is 2.65. The second kappa shape index (κ2) is 6.80. The number of aliphatic hydroxyl groups is 1. The maximum absolute atomic E-state index is 10.3. The Kier molecular flexibility index (Phi) is 8.40. The minimum absolute atomic E-state index is 0. The van der Waals surface area contributed by atoms with E-state index in [9.17, 15) is 4.79 Å². The molecule has 0 aliphatic carbocycles. The third-order valence-corrected chi connectivity index (χ3v) is 0.902. The Bertz CT molecular complexity index is 98.9. The summed E-state index contributed by atoms with van der Waals surface area (Å²) in [7, 11) is 1.27. The third-order valence-electron chi connectivity index (χ3n) is 0.902. The molecule has 0 spiro atoms. The van der Waals surface area contributed by atoms with Gasteiger partial charge >= 0.3 is 5.97 Å². The molecule has 0 aliphatic heterocycles. The number of methoxy groups -OCH3 is 1. The molecule has 0 unspecified atom stereocenters. The molecule has 0 bridgehead atoms. The van der Waals surface area contributed by atoms with Crippen LogP contribution in [0.2, 0.25) is 0 Å². The fraction of sp³-hybridized carbons (Fsp3) is 0.800. The highest BCUT2D eigenvalue weighted by atomic mass is 35.5. The van der Waals surface area contributed by atoms with Crippen LogP contribution in [0.3, 0.4) is 0 Å². The standard InChI is InChI=1S/C5H11NO3.ClH/c1-9-5(8)2-4(7)3-6;/h4,7H,2-3,6H2,1H3;1H/t4-;/m0./s1. The number of nitrogens with two attached hydrogens (primary N) is 1. The molecule has 0 aromatic heterocycles. The number of hydrogen-bond donors (Lipinski definition) is 2. The second-order valence-electron chi connectivity index (χ2n) is 1.67. The molecule has 10 heavy (non-hydrogen) atoms. The summed E-state index contributed by atoms with van der Waals surface area (Å²) < 4.78 is 4.27. The maximum Gasteiger partial charge on any atom is 0.308 e. The van der Waals surface area contributed by atoms with Crippen LogP contribution in [0, 0.1) is 0 Å². The van der Waals surface area contributed by atoms with E-state index in [-0.39, 0.29) is 25.4 Å². The van der Waals surface area contributed by atoms with Crippen molar-refractivity contribution in [2.75, 3.05) is 13.7 Å². The van der Waals surface area contributed by atoms with Crippen LogP contribution in [0.4, 0.5) is 0 Å². The Balaban J connectivity index is 0. The smallest absolute Gasteiger partial charge is 0.308 e. The Labute approximate surface area is 65.8 Å². The molecule has 3 N–H and O–H groups in total. The monoisotopic (exact) mass is 169 g/mol. The zero-order chi connectivity index (χ0) is 7.28. The summed E-state index contributed by atoms with van der Waals surface area (Å²) >= 11 is 0. The average Bonchev–Trinajstić information content (AvgIpc) is 1.87. The largest absolute Gasteiger partial charge is 0.469 e. The Morgan fingerprint density at radius 1 is 1.80 bits per heavy atom. The maximum atomic E-state index is 10.3. The molecule has 0 aromatic rings. The van der Waals surface area contributed by atoms with Gasteiger partial charge in [-0.2, -0.15) is 0 Å². The highest BCUT2D eigenvalue weighted by Gasteiger charge is 2.07. The van der Waals surface area contributed by atoms with Crippen LogP contribution in [0.1, 0.15) is 6.42 Å². The first kappa shape index (κ1) is 12.4. The van der Waals surface area contributed by atoms with E-state index >= 15 is 0 Å². The van der Waals surface area contributed by atoms with E-state index in [1.165, 1.54) is 7.11 Å². The predicted molar refractivity (Wildman–Crippen MR) is 38.9 cm³/mol. The molecule has 1 atom stereocenters. The van der Waals surface area contributed by atoms with Gasteiger partial charge in [-0.05, 0) is 0 Å². The molecule has 5 heteroatoms. The first-order chi connectivity index (χ1) is 4.20. The second-order valence-corrected chi connectivity index (χ2v) is 1.67. The number of halogens is 1. The number of esters is 1. The van der Waals surface area contributed by atoms with E-state index in [1.54, 1.807) is 0 Å². The molecular weight excluding hydrogens is 158 g/mol. The van der Waals surface area contributed by atoms with Gasteiger partial charge in [0.05, 0.1) is 19.6 Å². The summed E-state index contributed by atoms with van der Waals surface area (Å²) in [6, 6.07) is 0. The number of carbonyl (C=O) groups excluding carboxylic acids is 1. The van der Waals surface area contributed by atoms with Gasteiger partial charge in [-0.25, -0.2) is 0 Å². The zero-order valence-corrected chi connectivity index (χ0v) is 6.56. The molecular formula is C5H12ClNO3. The summed E-state index contributed by atoms with van der Waals surface area (Å²) in [5.41, 5.74) is 5.02. The van der Waals surface area contributed by atoms with Gasteiger partial charge in [0.2, 0.25) is 0 Å². The van der Waals surface area contributed by atoms with Gasteiger partial charge in [-0.15, -0.1) is 12.4 Å². The van der Waals surface area contributed by atoms with Crippen molar-refractivity contribution in [2.45, 2.75) is 12.5 Å². The van der Waals surface area contributed by atoms with Crippen molar-refractivity contribution >= 4 is 18.4 Å². The molecule has 0 amide bonds. The molecule has 0 saturated carbocycles. The van der Waals surface area contributed by atoms with Crippen molar-refractivity contribution in [1.82, 2.24) is 0 Å². The molecule has 4 nitrogen and oxygen atoms in total. The minimum Gasteiger partial charge on any atom is -0.469 e. The van der Waals surface area contributed by atoms with Crippen LogP contribution in [0.15, 0.2) is 0 Å². The summed E-state index contributed by atoms with van der Waals surface area (Å²) in [5, 5.41) is 8.73. The summed E-state index contributed by atoms with van der Waals surface area (Å²) in [6.07, 6.45) is -0.787. The van der Waals surface area contributed by atoms with Crippen LogP contribution >= 0.6 is 12.4 Å². The molecule has 62 valence electrons. The Hall–Kier alpha value is -0.320. The lowest BCUT2D eigenvalue weighted by Gasteiger charge is -2.03. The Morgan fingerprint density at radius 3 is 2.60 bits per heavy atom. The van der Waals surface area contributed by atoms with E-state index in [4.69, 9.17) is 10.8 Å². The molecule has 0 fully saturated rings. The van der Waals surface area contributed by atoms with Gasteiger partial charge in [-0.3, -0.25) is 4.79 Å². The van der Waals surface area contributed by atoms with Gasteiger partial charge in [0.15, 0.2) is 0 Å². The van der Waals surface area contributed by atoms with E-state index in [0.29, 0.717) is 0 Å². The quantitative estimate of drug-likeness (QED) is 0.548. The van der Waals surface area contributed by atoms with Crippen molar-refractivity contribution in [3.63, 3.8) is 0 Å². The van der Waals surface area contributed by atoms with Gasteiger partial charge in [-0.1, -0.05) is 0 Å². The molecule has 0 heterocycles. The number of rotatable bonds is 3. The van der Waals surface area contributed by atoms with E-state index in [1.807, 2.05) is 0 Å². The predicted octanol–water partition coefficient (Wildman–Crippen LogP) is -0.709. The van der Waals surface area contributed by atoms with Crippen molar-refractivity contribution in [1.29, 1.82) is 0 Å². The topological polar surface area (TPSA) is 72.5 Å². The highest BCUT2D eigenvalue weighted by molar-refractivity contribution is 5.85. The highest BCUT2D eigenvalue weighted by Crippen LogP contribution is 1.89. The Morgan fingerprint density at radius 2 is 2.30 bits per heavy atom. The van der Waals surface area contributed by atoms with Crippen LogP contribution in [-0.4, -0.2) is 30.8 Å². The third kappa shape index (κ3) is 5.81. The fourth-order valence-corrected chi connectivity index (χ4v) is 0.359. The number of carbonyl (C=O) groups is 1. The van der Waals surface area contributed by atoms with Crippen LogP contribution < -0.4 is 5.73 Å². The number of ether oxygens (including phenoxy) is 1. The zero-order valence-electron chi connectivity index (χ0n) is 5.74. The lowest BCUT2D eigenvalue weighted by molar-refractivity contribution is -0.142. The lowest BCUT2D eigenvalue weighted by Crippen LogP contribution is -2.23. The molecule has 0 aliphatic rings. The molecule has 0 saturated heterocycles. The SMILES string of the molecule is COC(=O)C[C@H](O)CN.Cl. The minimum atomic E-state index is -0.766. The van der Waals surface area contributed by atoms with Crippen molar-refractivity contribution in [2.24, 2.45) is 5.73 Å². The molecule has 0 rings (SSSR count). The van der Waals surface area contributed by atoms with Crippen LogP contribution in [-0.2, 0) is 9.53 Å². The summed E-state index contributed by atoms with van der Waals surface area (Å²) in [4.78, 5) is 10.3. The van der Waals surface area contributed by atoms with Crippen LogP contribution in [0.25, 0.3) is 0 Å². The summed E-state index contributed by atoms with van der Waals surface area (Å²) in [6.45, 7) is 0.0924. The molecule has 0 radical (unpaired) electrons. The van der Waals surface area contributed by atoms with E-state index in [0.717, 1.165) is 0 Å². The number of hydrogen-bond acceptors (Lipinski definition) is 4. The summed E-state index contributed by atoms with van der Waals surface area (Å²) in [5.74, 6) is -0.437. The van der Waals surface area contributed by atoms with Crippen LogP contribution in [0.5, 0.6) is 0 Å². The normalized spacial score (nSPS) is 11.5. The van der Waals surface area contributed by atoms with Gasteiger partial charge < -0.3 is 15.6 Å². The van der Waals surface area contributed by atoms with E-state index < -0.39 is 12.1 Å². The lowest BCUT2D eigenvalue weighted by atomic mass is 10.2.